The van der Waals surface area contributed by atoms with Crippen LogP contribution in [0.25, 0.3) is 0 Å². The lowest BCUT2D eigenvalue weighted by Crippen LogP contribution is -2.62. The van der Waals surface area contributed by atoms with Crippen molar-refractivity contribution in [1.29, 1.82) is 0 Å². The lowest BCUT2D eigenvalue weighted by atomic mass is 10.0. The number of aromatic nitrogens is 4. The van der Waals surface area contributed by atoms with Crippen molar-refractivity contribution in [3.05, 3.63) is 83.1 Å². The first-order chi connectivity index (χ1) is 18.6. The second-order valence-corrected chi connectivity index (χ2v) is 10.8. The van der Waals surface area contributed by atoms with Gasteiger partial charge >= 0.3 is 5.97 Å². The molecule has 2 aliphatic heterocycles. The molecule has 1 fully saturated rings. The van der Waals surface area contributed by atoms with E-state index in [9.17, 15) is 14.7 Å². The molecule has 0 spiro atoms. The van der Waals surface area contributed by atoms with Gasteiger partial charge in [0, 0.05) is 17.8 Å². The van der Waals surface area contributed by atoms with Gasteiger partial charge in [0.2, 0.25) is 5.16 Å². The Morgan fingerprint density at radius 2 is 1.87 bits per heavy atom. The molecule has 38 heavy (non-hydrogen) atoms. The Bertz CT molecular complexity index is 1330. The van der Waals surface area contributed by atoms with Crippen molar-refractivity contribution in [3.63, 3.8) is 0 Å². The maximum absolute atomic E-state index is 13.9. The fourth-order valence-electron chi connectivity index (χ4n) is 4.15. The first-order valence-corrected chi connectivity index (χ1v) is 14.9. The zero-order valence-electron chi connectivity index (χ0n) is 20.3. The van der Waals surface area contributed by atoms with Gasteiger partial charge in [-0.2, -0.15) is 0 Å². The summed E-state index contributed by atoms with van der Waals surface area (Å²) in [4.78, 5) is 28.5. The first kappa shape index (κ1) is 26.5. The number of esters is 1. The Hall–Kier alpha value is -3.13. The molecule has 0 radical (unpaired) electrons. The minimum Gasteiger partial charge on any atom is -0.448 e. The monoisotopic (exact) mass is 568 g/mol. The molecular weight excluding hydrogens is 545 g/mol. The van der Waals surface area contributed by atoms with E-state index in [1.54, 1.807) is 18.0 Å². The molecule has 3 heterocycles. The maximum Gasteiger partial charge on any atom is 0.356 e. The molecular formula is C25H24N6O4S3. The molecule has 1 N–H and O–H groups in total. The van der Waals surface area contributed by atoms with Crippen molar-refractivity contribution in [3.8, 4) is 0 Å². The van der Waals surface area contributed by atoms with Crippen LogP contribution < -0.4 is 0 Å². The molecule has 0 saturated carbocycles. The van der Waals surface area contributed by atoms with Crippen LogP contribution in [0.2, 0.25) is 0 Å². The molecule has 1 aromatic heterocycles. The number of carbonyl (C=O) groups excluding carboxylic acids is 2. The molecule has 0 aliphatic carbocycles. The lowest BCUT2D eigenvalue weighted by molar-refractivity contribution is -0.147. The summed E-state index contributed by atoms with van der Waals surface area (Å²) in [6, 6.07) is 19.0. The van der Waals surface area contributed by atoms with Crippen molar-refractivity contribution in [2.45, 2.75) is 23.2 Å². The van der Waals surface area contributed by atoms with Gasteiger partial charge in [-0.1, -0.05) is 72.4 Å². The number of hydrogen-bond donors (Lipinski definition) is 1. The molecule has 1 amide bonds. The number of carbonyl (C=O) groups is 2. The number of rotatable bonds is 10. The van der Waals surface area contributed by atoms with Gasteiger partial charge in [0.15, 0.2) is 6.10 Å². The SMILES string of the molecule is CS/N=C1/C(=O)N2C(C(=O)OC(c3ccccc3)c3ccccc3)=C(CSc3nnnn3CCO)CSC12. The van der Waals surface area contributed by atoms with Crippen molar-refractivity contribution < 1.29 is 19.4 Å². The van der Waals surface area contributed by atoms with Crippen LogP contribution in [0.1, 0.15) is 17.2 Å². The van der Waals surface area contributed by atoms with E-state index in [1.807, 2.05) is 60.7 Å². The van der Waals surface area contributed by atoms with Gasteiger partial charge < -0.3 is 9.84 Å². The predicted octanol–water partition coefficient (Wildman–Crippen LogP) is 2.98. The number of amides is 1. The second kappa shape index (κ2) is 12.2. The number of β-lactam (4-membered cyclic amide) rings is 1. The van der Waals surface area contributed by atoms with Gasteiger partial charge in [0.05, 0.1) is 13.2 Å². The Kier molecular flexibility index (Phi) is 8.47. The maximum atomic E-state index is 13.9. The molecule has 1 atom stereocenters. The predicted molar refractivity (Wildman–Crippen MR) is 148 cm³/mol. The quantitative estimate of drug-likeness (QED) is 0.169. The highest BCUT2D eigenvalue weighted by Crippen LogP contribution is 2.41. The van der Waals surface area contributed by atoms with Crippen LogP contribution in [0.4, 0.5) is 0 Å². The number of nitrogens with zero attached hydrogens (tertiary/aromatic N) is 6. The van der Waals surface area contributed by atoms with Crippen LogP contribution in [0, 0.1) is 0 Å². The van der Waals surface area contributed by atoms with Gasteiger partial charge in [-0.25, -0.2) is 13.9 Å². The normalized spacial score (nSPS) is 18.1. The van der Waals surface area contributed by atoms with Crippen LogP contribution in [0.15, 0.2) is 81.5 Å². The summed E-state index contributed by atoms with van der Waals surface area (Å²) in [6.45, 7) is 0.158. The minimum absolute atomic E-state index is 0.101. The van der Waals surface area contributed by atoms with E-state index in [0.29, 0.717) is 22.4 Å². The Balaban J connectivity index is 1.48. The summed E-state index contributed by atoms with van der Waals surface area (Å²) in [5, 5.41) is 21.0. The number of thioether (sulfide) groups is 2. The molecule has 2 aliphatic rings. The Labute approximate surface area is 232 Å². The van der Waals surface area contributed by atoms with E-state index < -0.39 is 12.1 Å². The summed E-state index contributed by atoms with van der Waals surface area (Å²) >= 11 is 4.10. The summed E-state index contributed by atoms with van der Waals surface area (Å²) in [5.41, 5.74) is 3.08. The summed E-state index contributed by atoms with van der Waals surface area (Å²) in [7, 11) is 0. The van der Waals surface area contributed by atoms with Gasteiger partial charge in [0.1, 0.15) is 16.8 Å². The van der Waals surface area contributed by atoms with Gasteiger partial charge in [-0.3, -0.25) is 9.69 Å². The van der Waals surface area contributed by atoms with E-state index in [-0.39, 0.29) is 30.1 Å². The summed E-state index contributed by atoms with van der Waals surface area (Å²) in [6.07, 6.45) is 1.15. The molecule has 196 valence electrons. The third kappa shape index (κ3) is 5.37. The van der Waals surface area contributed by atoms with Gasteiger partial charge in [-0.15, -0.1) is 16.9 Å². The van der Waals surface area contributed by atoms with Crippen LogP contribution in [0.3, 0.4) is 0 Å². The first-order valence-electron chi connectivity index (χ1n) is 11.7. The van der Waals surface area contributed by atoms with Gasteiger partial charge in [-0.05, 0) is 39.1 Å². The molecule has 5 rings (SSSR count). The highest BCUT2D eigenvalue weighted by Gasteiger charge is 2.51. The topological polar surface area (TPSA) is 123 Å². The molecule has 10 nitrogen and oxygen atoms in total. The number of aliphatic hydroxyl groups excluding tert-OH is 1. The number of aliphatic hydroxyl groups is 1. The van der Waals surface area contributed by atoms with E-state index in [1.165, 1.54) is 33.3 Å². The molecule has 2 aromatic carbocycles. The smallest absolute Gasteiger partial charge is 0.356 e. The third-order valence-corrected chi connectivity index (χ3v) is 8.58. The van der Waals surface area contributed by atoms with E-state index in [4.69, 9.17) is 4.74 Å². The molecule has 3 aromatic rings. The van der Waals surface area contributed by atoms with Crippen molar-refractivity contribution in [1.82, 2.24) is 25.1 Å². The number of tetrazole rings is 1. The highest BCUT2D eigenvalue weighted by atomic mass is 32.2. The van der Waals surface area contributed by atoms with Crippen molar-refractivity contribution in [2.75, 3.05) is 24.4 Å². The Morgan fingerprint density at radius 1 is 1.18 bits per heavy atom. The van der Waals surface area contributed by atoms with Crippen LogP contribution in [-0.2, 0) is 20.9 Å². The second-order valence-electron chi connectivity index (χ2n) is 8.25. The average molecular weight is 569 g/mol. The standard InChI is InChI=1S/C25H24N6O4S3/c1-36-27-19-22(33)31-20(18(14-37-23(19)31)15-38-25-26-28-29-30(25)12-13-32)24(34)35-21(16-8-4-2-5-9-16)17-10-6-3-7-11-17/h2-11,21,23,32H,12-15H2,1H3/b27-19-. The number of hydrogen-bond acceptors (Lipinski definition) is 11. The van der Waals surface area contributed by atoms with E-state index in [2.05, 4.69) is 19.9 Å². The van der Waals surface area contributed by atoms with E-state index in [0.717, 1.165) is 16.7 Å². The van der Waals surface area contributed by atoms with E-state index >= 15 is 0 Å². The molecule has 1 saturated heterocycles. The summed E-state index contributed by atoms with van der Waals surface area (Å²) < 4.78 is 11.9. The fourth-order valence-corrected chi connectivity index (χ4v) is 6.89. The van der Waals surface area contributed by atoms with Crippen molar-refractivity contribution >= 4 is 53.1 Å². The van der Waals surface area contributed by atoms with Crippen LogP contribution in [-0.4, -0.2) is 77.5 Å². The number of benzene rings is 2. The average Bonchev–Trinajstić information content (AvgIpc) is 3.40. The van der Waals surface area contributed by atoms with Crippen LogP contribution in [0.5, 0.6) is 0 Å². The largest absolute Gasteiger partial charge is 0.448 e. The highest BCUT2D eigenvalue weighted by molar-refractivity contribution is 8.02. The Morgan fingerprint density at radius 3 is 2.50 bits per heavy atom. The van der Waals surface area contributed by atoms with Crippen molar-refractivity contribution in [2.24, 2.45) is 4.40 Å². The summed E-state index contributed by atoms with van der Waals surface area (Å²) in [5.74, 6) is 0.0142. The fraction of sp³-hybridized carbons (Fsp3) is 0.280. The zero-order chi connectivity index (χ0) is 26.5. The van der Waals surface area contributed by atoms with Gasteiger partial charge in [0.25, 0.3) is 5.91 Å². The number of fused-ring (bicyclic) bond motifs is 1. The molecule has 0 bridgehead atoms. The van der Waals surface area contributed by atoms with Crippen LogP contribution >= 0.6 is 35.5 Å². The molecule has 13 heteroatoms. The number of ether oxygens (including phenoxy) is 1. The third-order valence-electron chi connectivity index (χ3n) is 5.90. The zero-order valence-corrected chi connectivity index (χ0v) is 22.8. The molecule has 1 unspecified atom stereocenters. The minimum atomic E-state index is -0.646. The lowest BCUT2D eigenvalue weighted by Gasteiger charge is -2.45.